The molecule has 0 radical (unpaired) electrons. The molecule has 0 aliphatic carbocycles. The number of benzene rings is 2. The molecule has 3 rings (SSSR count). The Morgan fingerprint density at radius 1 is 1.12 bits per heavy atom. The van der Waals surface area contributed by atoms with E-state index in [0.29, 0.717) is 6.54 Å². The third kappa shape index (κ3) is 3.79. The summed E-state index contributed by atoms with van der Waals surface area (Å²) in [6.07, 6.45) is 4.61. The lowest BCUT2D eigenvalue weighted by molar-refractivity contribution is -0.131. The van der Waals surface area contributed by atoms with E-state index in [4.69, 9.17) is 5.11 Å². The highest BCUT2D eigenvalue weighted by Gasteiger charge is 2.10. The first-order valence-electron chi connectivity index (χ1n) is 7.71. The molecule has 0 unspecified atom stereocenters. The second-order valence-electron chi connectivity index (χ2n) is 5.65. The maximum absolute atomic E-state index is 10.8. The highest BCUT2D eigenvalue weighted by molar-refractivity contribution is 5.87. The largest absolute Gasteiger partial charge is 0.478 e. The quantitative estimate of drug-likeness (QED) is 0.723. The zero-order valence-corrected chi connectivity index (χ0v) is 13.4. The number of aryl methyl sites for hydroxylation is 1. The van der Waals surface area contributed by atoms with Gasteiger partial charge in [-0.05, 0) is 18.6 Å². The number of aromatic nitrogens is 2. The number of rotatable bonds is 5. The average Bonchev–Trinajstić information content (AvgIpc) is 2.97. The molecule has 0 saturated carbocycles. The summed E-state index contributed by atoms with van der Waals surface area (Å²) in [4.78, 5) is 10.8. The van der Waals surface area contributed by atoms with Crippen molar-refractivity contribution in [3.05, 3.63) is 83.6 Å². The Labute approximate surface area is 140 Å². The molecule has 1 heterocycles. The standard InChI is InChI=1S/C20H18N2O2/c1-15-7-9-17(10-8-15)20-18(11-12-19(23)24)14-22(21-20)13-16-5-3-2-4-6-16/h2-12,14H,13H2,1H3,(H,23,24)/b12-11+. The maximum atomic E-state index is 10.8. The summed E-state index contributed by atoms with van der Waals surface area (Å²) < 4.78 is 1.84. The van der Waals surface area contributed by atoms with Crippen molar-refractivity contribution in [2.45, 2.75) is 13.5 Å². The summed E-state index contributed by atoms with van der Waals surface area (Å²) in [5, 5.41) is 13.6. The average molecular weight is 318 g/mol. The van der Waals surface area contributed by atoms with Gasteiger partial charge in [0, 0.05) is 23.4 Å². The molecule has 0 atom stereocenters. The summed E-state index contributed by atoms with van der Waals surface area (Å²) in [5.41, 5.74) is 4.85. The van der Waals surface area contributed by atoms with Gasteiger partial charge in [0.2, 0.25) is 0 Å². The van der Waals surface area contributed by atoms with E-state index in [2.05, 4.69) is 5.10 Å². The Balaban J connectivity index is 1.98. The monoisotopic (exact) mass is 318 g/mol. The summed E-state index contributed by atoms with van der Waals surface area (Å²) in [5.74, 6) is -0.972. The van der Waals surface area contributed by atoms with Gasteiger partial charge >= 0.3 is 5.97 Å². The molecule has 4 heteroatoms. The van der Waals surface area contributed by atoms with Crippen molar-refractivity contribution in [2.75, 3.05) is 0 Å². The molecule has 0 aliphatic heterocycles. The van der Waals surface area contributed by atoms with Crippen LogP contribution < -0.4 is 0 Å². The van der Waals surface area contributed by atoms with Crippen molar-refractivity contribution < 1.29 is 9.90 Å². The molecule has 0 aliphatic rings. The number of carboxylic acids is 1. The van der Waals surface area contributed by atoms with Crippen molar-refractivity contribution in [1.82, 2.24) is 9.78 Å². The predicted octanol–water partition coefficient (Wildman–Crippen LogP) is 4.00. The van der Waals surface area contributed by atoms with Crippen molar-refractivity contribution in [3.63, 3.8) is 0 Å². The second-order valence-corrected chi connectivity index (χ2v) is 5.65. The van der Waals surface area contributed by atoms with Crippen LogP contribution in [0, 0.1) is 6.92 Å². The molecule has 4 nitrogen and oxygen atoms in total. The van der Waals surface area contributed by atoms with Crippen LogP contribution in [0.4, 0.5) is 0 Å². The van der Waals surface area contributed by atoms with Gasteiger partial charge in [-0.2, -0.15) is 5.10 Å². The van der Waals surface area contributed by atoms with Crippen LogP contribution in [0.5, 0.6) is 0 Å². The molecule has 120 valence electrons. The van der Waals surface area contributed by atoms with Gasteiger partial charge in [0.1, 0.15) is 0 Å². The zero-order valence-electron chi connectivity index (χ0n) is 13.4. The van der Waals surface area contributed by atoms with Crippen molar-refractivity contribution >= 4 is 12.0 Å². The van der Waals surface area contributed by atoms with Crippen LogP contribution >= 0.6 is 0 Å². The minimum Gasteiger partial charge on any atom is -0.478 e. The molecule has 0 bridgehead atoms. The van der Waals surface area contributed by atoms with E-state index in [9.17, 15) is 4.79 Å². The molecule has 1 N–H and O–H groups in total. The van der Waals surface area contributed by atoms with Crippen LogP contribution in [-0.4, -0.2) is 20.9 Å². The third-order valence-corrected chi connectivity index (χ3v) is 3.71. The van der Waals surface area contributed by atoms with Gasteiger partial charge in [0.25, 0.3) is 0 Å². The smallest absolute Gasteiger partial charge is 0.328 e. The van der Waals surface area contributed by atoms with E-state index < -0.39 is 5.97 Å². The number of hydrogen-bond donors (Lipinski definition) is 1. The lowest BCUT2D eigenvalue weighted by Crippen LogP contribution is -1.99. The Morgan fingerprint density at radius 3 is 2.50 bits per heavy atom. The molecular weight excluding hydrogens is 300 g/mol. The highest BCUT2D eigenvalue weighted by Crippen LogP contribution is 2.24. The van der Waals surface area contributed by atoms with Gasteiger partial charge < -0.3 is 5.11 Å². The van der Waals surface area contributed by atoms with Crippen LogP contribution in [0.1, 0.15) is 16.7 Å². The first-order chi connectivity index (χ1) is 11.6. The van der Waals surface area contributed by atoms with E-state index in [1.807, 2.05) is 72.4 Å². The Bertz CT molecular complexity index is 862. The van der Waals surface area contributed by atoms with E-state index in [1.54, 1.807) is 6.08 Å². The van der Waals surface area contributed by atoms with Crippen LogP contribution in [0.3, 0.4) is 0 Å². The minimum atomic E-state index is -0.972. The molecule has 24 heavy (non-hydrogen) atoms. The van der Waals surface area contributed by atoms with E-state index in [0.717, 1.165) is 28.5 Å². The van der Waals surface area contributed by atoms with Gasteiger partial charge in [0.15, 0.2) is 0 Å². The van der Waals surface area contributed by atoms with Gasteiger partial charge in [-0.1, -0.05) is 60.2 Å². The topological polar surface area (TPSA) is 55.1 Å². The fraction of sp³-hybridized carbons (Fsp3) is 0.100. The molecule has 0 spiro atoms. The Hall–Kier alpha value is -3.14. The zero-order chi connectivity index (χ0) is 16.9. The lowest BCUT2D eigenvalue weighted by Gasteiger charge is -2.02. The molecular formula is C20H18N2O2. The fourth-order valence-electron chi connectivity index (χ4n) is 2.51. The summed E-state index contributed by atoms with van der Waals surface area (Å²) >= 11 is 0. The molecule has 0 fully saturated rings. The molecule has 2 aromatic carbocycles. The minimum absolute atomic E-state index is 0.639. The normalized spacial score (nSPS) is 11.0. The van der Waals surface area contributed by atoms with E-state index in [1.165, 1.54) is 5.56 Å². The van der Waals surface area contributed by atoms with Crippen LogP contribution in [0.2, 0.25) is 0 Å². The van der Waals surface area contributed by atoms with Gasteiger partial charge in [-0.25, -0.2) is 4.79 Å². The number of carbonyl (C=O) groups is 1. The molecule has 1 aromatic heterocycles. The van der Waals surface area contributed by atoms with Crippen molar-refractivity contribution in [3.8, 4) is 11.3 Å². The summed E-state index contributed by atoms with van der Waals surface area (Å²) in [6, 6.07) is 18.1. The summed E-state index contributed by atoms with van der Waals surface area (Å²) in [7, 11) is 0. The SMILES string of the molecule is Cc1ccc(-c2nn(Cc3ccccc3)cc2/C=C/C(=O)O)cc1. The predicted molar refractivity (Wildman–Crippen MR) is 94.6 cm³/mol. The van der Waals surface area contributed by atoms with Gasteiger partial charge in [-0.3, -0.25) is 4.68 Å². The number of nitrogens with zero attached hydrogens (tertiary/aromatic N) is 2. The fourth-order valence-corrected chi connectivity index (χ4v) is 2.51. The number of hydrogen-bond acceptors (Lipinski definition) is 2. The third-order valence-electron chi connectivity index (χ3n) is 3.71. The van der Waals surface area contributed by atoms with E-state index >= 15 is 0 Å². The van der Waals surface area contributed by atoms with Gasteiger partial charge in [0.05, 0.1) is 12.2 Å². The van der Waals surface area contributed by atoms with Crippen LogP contribution in [0.25, 0.3) is 17.3 Å². The summed E-state index contributed by atoms with van der Waals surface area (Å²) in [6.45, 7) is 2.67. The molecule has 0 amide bonds. The van der Waals surface area contributed by atoms with Crippen LogP contribution in [0.15, 0.2) is 66.9 Å². The lowest BCUT2D eigenvalue weighted by atomic mass is 10.1. The van der Waals surface area contributed by atoms with E-state index in [-0.39, 0.29) is 0 Å². The Kier molecular flexibility index (Phi) is 4.57. The number of carboxylic acid groups (broad SMARTS) is 1. The van der Waals surface area contributed by atoms with Gasteiger partial charge in [-0.15, -0.1) is 0 Å². The molecule has 0 saturated heterocycles. The second kappa shape index (κ2) is 6.96. The van der Waals surface area contributed by atoms with Crippen molar-refractivity contribution in [1.29, 1.82) is 0 Å². The number of aliphatic carboxylic acids is 1. The first-order valence-corrected chi connectivity index (χ1v) is 7.71. The maximum Gasteiger partial charge on any atom is 0.328 e. The Morgan fingerprint density at radius 2 is 1.83 bits per heavy atom. The highest BCUT2D eigenvalue weighted by atomic mass is 16.4. The molecule has 3 aromatic rings. The van der Waals surface area contributed by atoms with Crippen molar-refractivity contribution in [2.24, 2.45) is 0 Å². The first kappa shape index (κ1) is 15.7. The van der Waals surface area contributed by atoms with Crippen LogP contribution in [-0.2, 0) is 11.3 Å².